The van der Waals surface area contributed by atoms with E-state index in [9.17, 15) is 0 Å². The van der Waals surface area contributed by atoms with E-state index in [0.717, 1.165) is 38.5 Å². The summed E-state index contributed by atoms with van der Waals surface area (Å²) < 4.78 is 0. The molecule has 8 bridgehead atoms. The molecule has 0 spiro atoms. The van der Waals surface area contributed by atoms with Gasteiger partial charge in [-0.05, 0) is 110 Å². The molecule has 0 aromatic carbocycles. The van der Waals surface area contributed by atoms with Gasteiger partial charge in [-0.2, -0.15) is 0 Å². The van der Waals surface area contributed by atoms with Crippen molar-refractivity contribution in [1.82, 2.24) is 19.9 Å². The molecule has 4 nitrogen and oxygen atoms in total. The lowest BCUT2D eigenvalue weighted by atomic mass is 9.99. The van der Waals surface area contributed by atoms with Crippen LogP contribution in [-0.4, -0.2) is 19.9 Å². The maximum atomic E-state index is 3.89. The Hall–Kier alpha value is -3.14. The predicted octanol–water partition coefficient (Wildman–Crippen LogP) is 7.81. The Morgan fingerprint density at radius 3 is 1.11 bits per heavy atom. The smallest absolute Gasteiger partial charge is 0.0657 e. The van der Waals surface area contributed by atoms with Crippen molar-refractivity contribution in [2.24, 2.45) is 0 Å². The lowest BCUT2D eigenvalue weighted by molar-refractivity contribution is 0.963. The lowest BCUT2D eigenvalue weighted by Gasteiger charge is -2.05. The number of aromatic amines is 4. The molecule has 0 saturated carbocycles. The van der Waals surface area contributed by atoms with Crippen molar-refractivity contribution in [3.63, 3.8) is 0 Å². The highest BCUT2D eigenvalue weighted by Crippen LogP contribution is 2.36. The van der Waals surface area contributed by atoms with Crippen LogP contribution in [0.4, 0.5) is 0 Å². The summed E-state index contributed by atoms with van der Waals surface area (Å²) in [5.74, 6) is 0. The van der Waals surface area contributed by atoms with Crippen LogP contribution in [-0.2, 0) is 38.5 Å². The van der Waals surface area contributed by atoms with Gasteiger partial charge in [0, 0.05) is 47.0 Å². The summed E-state index contributed by atoms with van der Waals surface area (Å²) in [5.41, 5.74) is 21.6. The van der Waals surface area contributed by atoms with Crippen LogP contribution in [0, 0.1) is 27.7 Å². The maximum Gasteiger partial charge on any atom is 0.0657 e. The van der Waals surface area contributed by atoms with Crippen LogP contribution in [0.1, 0.15) is 106 Å². The first-order valence-corrected chi connectivity index (χ1v) is 13.8. The molecule has 4 heteroatoms. The molecule has 0 aliphatic carbocycles. The average molecular weight is 483 g/mol. The maximum absolute atomic E-state index is 3.89. The molecule has 5 rings (SSSR count). The van der Waals surface area contributed by atoms with E-state index < -0.39 is 0 Å². The van der Waals surface area contributed by atoms with Crippen LogP contribution < -0.4 is 0 Å². The van der Waals surface area contributed by atoms with Crippen molar-refractivity contribution in [3.05, 3.63) is 78.7 Å². The molecule has 36 heavy (non-hydrogen) atoms. The molecule has 0 amide bonds. The molecule has 4 aromatic heterocycles. The Labute approximate surface area is 216 Å². The first-order chi connectivity index (χ1) is 17.3. The fraction of sp³-hybridized carbons (Fsp3) is 0.438. The van der Waals surface area contributed by atoms with Gasteiger partial charge in [-0.3, -0.25) is 0 Å². The van der Waals surface area contributed by atoms with E-state index in [4.69, 9.17) is 0 Å². The van der Waals surface area contributed by atoms with Crippen molar-refractivity contribution in [1.29, 1.82) is 0 Å². The molecular weight excluding hydrogens is 440 g/mol. The summed E-state index contributed by atoms with van der Waals surface area (Å²) in [6.45, 7) is 18.2. The molecule has 0 atom stereocenters. The molecule has 0 unspecified atom stereocenters. The number of fused-ring (bicyclic) bond motifs is 9. The molecule has 1 aliphatic rings. The number of hydrogen-bond acceptors (Lipinski definition) is 0. The summed E-state index contributed by atoms with van der Waals surface area (Å²) in [4.78, 5) is 15.4. The normalized spacial score (nSPS) is 14.0. The minimum atomic E-state index is 0.904. The standard InChI is InChI=1S/C32H42N4/c1-9-21-17(5)25-13-14-26-18(6)22(10-2)28(34-26)16-30-24(12-4)20(8)32(36-30)31-19(7)23(11-3)29(35-31)15-27(21)33-25/h13-14,33-36H,9-12,15-16H2,1-8H3/b14-13-. The van der Waals surface area contributed by atoms with E-state index in [1.807, 2.05) is 0 Å². The van der Waals surface area contributed by atoms with Crippen LogP contribution in [0.5, 0.6) is 0 Å². The quantitative estimate of drug-likeness (QED) is 0.202. The number of aromatic nitrogens is 4. The second-order valence-corrected chi connectivity index (χ2v) is 10.5. The Morgan fingerprint density at radius 1 is 0.472 bits per heavy atom. The Morgan fingerprint density at radius 2 is 0.778 bits per heavy atom. The number of nitrogens with one attached hydrogen (secondary N) is 4. The van der Waals surface area contributed by atoms with Crippen LogP contribution in [0.3, 0.4) is 0 Å². The zero-order valence-corrected chi connectivity index (χ0v) is 23.4. The summed E-state index contributed by atoms with van der Waals surface area (Å²) in [6.07, 6.45) is 10.5. The zero-order chi connectivity index (χ0) is 25.7. The summed E-state index contributed by atoms with van der Waals surface area (Å²) in [5, 5.41) is 0. The van der Waals surface area contributed by atoms with Crippen LogP contribution >= 0.6 is 0 Å². The minimum Gasteiger partial charge on any atom is -0.358 e. The summed E-state index contributed by atoms with van der Waals surface area (Å²) in [6, 6.07) is 0. The molecule has 0 radical (unpaired) electrons. The molecule has 4 aromatic rings. The summed E-state index contributed by atoms with van der Waals surface area (Å²) in [7, 11) is 0. The van der Waals surface area contributed by atoms with E-state index in [1.54, 1.807) is 0 Å². The second kappa shape index (κ2) is 9.38. The number of H-pyrrole nitrogens is 4. The Bertz CT molecular complexity index is 1350. The van der Waals surface area contributed by atoms with Gasteiger partial charge in [0.15, 0.2) is 0 Å². The van der Waals surface area contributed by atoms with Crippen molar-refractivity contribution in [2.75, 3.05) is 0 Å². The highest BCUT2D eigenvalue weighted by molar-refractivity contribution is 5.73. The van der Waals surface area contributed by atoms with Crippen LogP contribution in [0.15, 0.2) is 0 Å². The lowest BCUT2D eigenvalue weighted by Crippen LogP contribution is -1.98. The topological polar surface area (TPSA) is 63.2 Å². The van der Waals surface area contributed by atoms with Gasteiger partial charge in [-0.15, -0.1) is 0 Å². The fourth-order valence-corrected chi connectivity index (χ4v) is 6.71. The van der Waals surface area contributed by atoms with Gasteiger partial charge in [0.25, 0.3) is 0 Å². The van der Waals surface area contributed by atoms with E-state index in [1.165, 1.54) is 90.1 Å². The first kappa shape index (κ1) is 24.5. The average Bonchev–Trinajstić information content (AvgIpc) is 3.53. The van der Waals surface area contributed by atoms with Crippen molar-refractivity contribution < 1.29 is 0 Å². The highest BCUT2D eigenvalue weighted by atomic mass is 14.8. The third-order valence-electron chi connectivity index (χ3n) is 8.74. The molecular formula is C32H42N4. The molecule has 0 saturated heterocycles. The second-order valence-electron chi connectivity index (χ2n) is 10.5. The summed E-state index contributed by atoms with van der Waals surface area (Å²) >= 11 is 0. The molecule has 5 heterocycles. The van der Waals surface area contributed by atoms with Crippen molar-refractivity contribution in [2.45, 2.75) is 93.9 Å². The SMILES string of the molecule is CCc1c2[nH]c(c1C)/C=C\c1[nH]c(c(CC)c1C)Cc1[nH]c(c(C)c1CC)-c1[nH]c(c(CC)c1C)C2. The van der Waals surface area contributed by atoms with Gasteiger partial charge >= 0.3 is 0 Å². The monoisotopic (exact) mass is 482 g/mol. The Balaban J connectivity index is 1.80. The molecule has 0 fully saturated rings. The minimum absolute atomic E-state index is 0.904. The van der Waals surface area contributed by atoms with Gasteiger partial charge in [-0.1, -0.05) is 27.7 Å². The molecule has 1 aliphatic heterocycles. The van der Waals surface area contributed by atoms with E-state index in [0.29, 0.717) is 0 Å². The molecule has 190 valence electrons. The number of rotatable bonds is 4. The Kier molecular flexibility index (Phi) is 6.40. The van der Waals surface area contributed by atoms with Gasteiger partial charge in [0.05, 0.1) is 11.4 Å². The molecule has 4 N–H and O–H groups in total. The third-order valence-corrected chi connectivity index (χ3v) is 8.74. The van der Waals surface area contributed by atoms with E-state index in [-0.39, 0.29) is 0 Å². The number of hydrogen-bond donors (Lipinski definition) is 4. The van der Waals surface area contributed by atoms with E-state index >= 15 is 0 Å². The zero-order valence-electron chi connectivity index (χ0n) is 23.4. The van der Waals surface area contributed by atoms with Crippen LogP contribution in [0.2, 0.25) is 0 Å². The van der Waals surface area contributed by atoms with Crippen LogP contribution in [0.25, 0.3) is 23.5 Å². The highest BCUT2D eigenvalue weighted by Gasteiger charge is 2.23. The largest absolute Gasteiger partial charge is 0.358 e. The fourth-order valence-electron chi connectivity index (χ4n) is 6.71. The van der Waals surface area contributed by atoms with Gasteiger partial charge in [0.2, 0.25) is 0 Å². The predicted molar refractivity (Wildman–Crippen MR) is 153 cm³/mol. The first-order valence-electron chi connectivity index (χ1n) is 13.8. The van der Waals surface area contributed by atoms with Gasteiger partial charge in [-0.25, -0.2) is 0 Å². The third kappa shape index (κ3) is 3.73. The van der Waals surface area contributed by atoms with E-state index in [2.05, 4.69) is 87.5 Å². The van der Waals surface area contributed by atoms with Crippen molar-refractivity contribution in [3.8, 4) is 11.4 Å². The van der Waals surface area contributed by atoms with Crippen molar-refractivity contribution >= 4 is 12.2 Å². The van der Waals surface area contributed by atoms with Gasteiger partial charge in [0.1, 0.15) is 0 Å². The van der Waals surface area contributed by atoms with Gasteiger partial charge < -0.3 is 19.9 Å².